The first-order valence-corrected chi connectivity index (χ1v) is 8.87. The van der Waals surface area contributed by atoms with Crippen LogP contribution in [0.2, 0.25) is 0 Å². The number of hydrogen-bond donors (Lipinski definition) is 1. The molecule has 0 unspecified atom stereocenters. The fourth-order valence-corrected chi connectivity index (χ4v) is 2.88. The molecule has 3 aromatic rings. The van der Waals surface area contributed by atoms with E-state index in [1.165, 1.54) is 0 Å². The Bertz CT molecular complexity index is 804. The molecule has 3 rings (SSSR count). The molecule has 0 atom stereocenters. The first-order valence-electron chi connectivity index (χ1n) is 8.07. The molecule has 0 amide bonds. The summed E-state index contributed by atoms with van der Waals surface area (Å²) in [7, 11) is 1.67. The molecule has 0 aliphatic heterocycles. The zero-order chi connectivity index (χ0) is 17.5. The van der Waals surface area contributed by atoms with Crippen molar-refractivity contribution in [2.75, 3.05) is 12.4 Å². The van der Waals surface area contributed by atoms with Gasteiger partial charge in [-0.2, -0.15) is 0 Å². The van der Waals surface area contributed by atoms with E-state index in [1.54, 1.807) is 7.11 Å². The first kappa shape index (κ1) is 17.4. The van der Waals surface area contributed by atoms with Gasteiger partial charge in [-0.25, -0.2) is 0 Å². The predicted octanol–water partition coefficient (Wildman–Crippen LogP) is 5.65. The Balaban J connectivity index is 1.67. The van der Waals surface area contributed by atoms with Gasteiger partial charge in [-0.1, -0.05) is 46.3 Å². The lowest BCUT2D eigenvalue weighted by atomic mass is 10.2. The Morgan fingerprint density at radius 2 is 1.68 bits per heavy atom. The van der Waals surface area contributed by atoms with Gasteiger partial charge in [0.1, 0.15) is 18.1 Å². The van der Waals surface area contributed by atoms with Crippen molar-refractivity contribution in [3.8, 4) is 11.5 Å². The monoisotopic (exact) mass is 397 g/mol. The van der Waals surface area contributed by atoms with E-state index < -0.39 is 0 Å². The number of hydrogen-bond acceptors (Lipinski definition) is 3. The zero-order valence-electron chi connectivity index (χ0n) is 14.0. The van der Waals surface area contributed by atoms with Crippen molar-refractivity contribution < 1.29 is 9.47 Å². The Kier molecular flexibility index (Phi) is 5.96. The summed E-state index contributed by atoms with van der Waals surface area (Å²) in [4.78, 5) is 0. The van der Waals surface area contributed by atoms with E-state index in [4.69, 9.17) is 9.47 Å². The van der Waals surface area contributed by atoms with Crippen LogP contribution in [0.4, 0.5) is 5.69 Å². The van der Waals surface area contributed by atoms with E-state index in [0.29, 0.717) is 13.2 Å². The molecule has 3 aromatic carbocycles. The molecule has 4 heteroatoms. The van der Waals surface area contributed by atoms with Gasteiger partial charge in [0, 0.05) is 22.3 Å². The van der Waals surface area contributed by atoms with Gasteiger partial charge in [0.15, 0.2) is 0 Å². The third kappa shape index (κ3) is 5.00. The van der Waals surface area contributed by atoms with Crippen molar-refractivity contribution in [1.29, 1.82) is 0 Å². The second-order valence-corrected chi connectivity index (χ2v) is 6.52. The molecule has 0 aliphatic carbocycles. The summed E-state index contributed by atoms with van der Waals surface area (Å²) in [6.07, 6.45) is 0. The van der Waals surface area contributed by atoms with E-state index in [2.05, 4.69) is 39.4 Å². The normalized spacial score (nSPS) is 10.3. The SMILES string of the molecule is COc1ccc(NCc2cc(Br)ccc2OCc2ccccc2)cc1. The number of halogens is 1. The molecule has 0 saturated carbocycles. The molecule has 25 heavy (non-hydrogen) atoms. The maximum atomic E-state index is 6.02. The van der Waals surface area contributed by atoms with E-state index in [0.717, 1.165) is 32.8 Å². The maximum Gasteiger partial charge on any atom is 0.124 e. The van der Waals surface area contributed by atoms with Crippen molar-refractivity contribution in [2.45, 2.75) is 13.2 Å². The van der Waals surface area contributed by atoms with Gasteiger partial charge in [0.25, 0.3) is 0 Å². The number of rotatable bonds is 7. The Morgan fingerprint density at radius 3 is 2.40 bits per heavy atom. The fraction of sp³-hybridized carbons (Fsp3) is 0.143. The highest BCUT2D eigenvalue weighted by Gasteiger charge is 2.06. The molecular formula is C21H20BrNO2. The molecular weight excluding hydrogens is 378 g/mol. The summed E-state index contributed by atoms with van der Waals surface area (Å²) in [6.45, 7) is 1.23. The van der Waals surface area contributed by atoms with Gasteiger partial charge < -0.3 is 14.8 Å². The summed E-state index contributed by atoms with van der Waals surface area (Å²) in [5.74, 6) is 1.73. The van der Waals surface area contributed by atoms with Crippen LogP contribution in [0.5, 0.6) is 11.5 Å². The lowest BCUT2D eigenvalue weighted by molar-refractivity contribution is 0.303. The van der Waals surface area contributed by atoms with Gasteiger partial charge in [-0.3, -0.25) is 0 Å². The van der Waals surface area contributed by atoms with Crippen molar-refractivity contribution >= 4 is 21.6 Å². The van der Waals surface area contributed by atoms with Gasteiger partial charge >= 0.3 is 0 Å². The maximum absolute atomic E-state index is 6.02. The number of methoxy groups -OCH3 is 1. The van der Waals surface area contributed by atoms with Crippen molar-refractivity contribution in [1.82, 2.24) is 0 Å². The van der Waals surface area contributed by atoms with E-state index in [9.17, 15) is 0 Å². The Morgan fingerprint density at radius 1 is 0.920 bits per heavy atom. The zero-order valence-corrected chi connectivity index (χ0v) is 15.6. The summed E-state index contributed by atoms with van der Waals surface area (Å²) < 4.78 is 12.2. The third-order valence-corrected chi connectivity index (χ3v) is 4.33. The molecule has 0 radical (unpaired) electrons. The first-order chi connectivity index (χ1) is 12.2. The Labute approximate surface area is 156 Å². The molecule has 0 aromatic heterocycles. The minimum atomic E-state index is 0.554. The van der Waals surface area contributed by atoms with Gasteiger partial charge in [0.05, 0.1) is 7.11 Å². The van der Waals surface area contributed by atoms with Crippen molar-refractivity contribution in [2.24, 2.45) is 0 Å². The van der Waals surface area contributed by atoms with Crippen LogP contribution < -0.4 is 14.8 Å². The summed E-state index contributed by atoms with van der Waals surface area (Å²) in [5.41, 5.74) is 3.29. The second-order valence-electron chi connectivity index (χ2n) is 5.61. The van der Waals surface area contributed by atoms with E-state index in [-0.39, 0.29) is 0 Å². The van der Waals surface area contributed by atoms with Crippen LogP contribution in [0.3, 0.4) is 0 Å². The fourth-order valence-electron chi connectivity index (χ4n) is 2.47. The number of anilines is 1. The minimum absolute atomic E-state index is 0.554. The quantitative estimate of drug-likeness (QED) is 0.558. The lowest BCUT2D eigenvalue weighted by Crippen LogP contribution is -2.04. The minimum Gasteiger partial charge on any atom is -0.497 e. The van der Waals surface area contributed by atoms with Crippen LogP contribution in [0.25, 0.3) is 0 Å². The van der Waals surface area contributed by atoms with Crippen molar-refractivity contribution in [3.63, 3.8) is 0 Å². The van der Waals surface area contributed by atoms with Gasteiger partial charge in [-0.05, 0) is 48.0 Å². The highest BCUT2D eigenvalue weighted by atomic mass is 79.9. The average molecular weight is 398 g/mol. The predicted molar refractivity (Wildman–Crippen MR) is 105 cm³/mol. The highest BCUT2D eigenvalue weighted by molar-refractivity contribution is 9.10. The second kappa shape index (κ2) is 8.58. The summed E-state index contributed by atoms with van der Waals surface area (Å²) >= 11 is 3.54. The highest BCUT2D eigenvalue weighted by Crippen LogP contribution is 2.25. The number of ether oxygens (including phenoxy) is 2. The average Bonchev–Trinajstić information content (AvgIpc) is 2.67. The topological polar surface area (TPSA) is 30.5 Å². The van der Waals surface area contributed by atoms with E-state index in [1.807, 2.05) is 54.6 Å². The van der Waals surface area contributed by atoms with Crippen LogP contribution in [0.15, 0.2) is 77.3 Å². The standard InChI is InChI=1S/C21H20BrNO2/c1-24-20-10-8-19(9-11-20)23-14-17-13-18(22)7-12-21(17)25-15-16-5-3-2-4-6-16/h2-13,23H,14-15H2,1H3. The van der Waals surface area contributed by atoms with E-state index >= 15 is 0 Å². The molecule has 1 N–H and O–H groups in total. The molecule has 0 spiro atoms. The Hall–Kier alpha value is -2.46. The molecule has 0 fully saturated rings. The summed E-state index contributed by atoms with van der Waals surface area (Å²) in [6, 6.07) is 24.1. The van der Waals surface area contributed by atoms with Gasteiger partial charge in [0.2, 0.25) is 0 Å². The van der Waals surface area contributed by atoms with Crippen LogP contribution in [0.1, 0.15) is 11.1 Å². The van der Waals surface area contributed by atoms with Crippen molar-refractivity contribution in [3.05, 3.63) is 88.4 Å². The molecule has 0 aliphatic rings. The molecule has 0 saturated heterocycles. The van der Waals surface area contributed by atoms with Crippen LogP contribution >= 0.6 is 15.9 Å². The molecule has 0 heterocycles. The number of nitrogens with one attached hydrogen (secondary N) is 1. The van der Waals surface area contributed by atoms with Crippen LogP contribution in [-0.4, -0.2) is 7.11 Å². The lowest BCUT2D eigenvalue weighted by Gasteiger charge is -2.14. The molecule has 0 bridgehead atoms. The smallest absolute Gasteiger partial charge is 0.124 e. The van der Waals surface area contributed by atoms with Gasteiger partial charge in [-0.15, -0.1) is 0 Å². The summed E-state index contributed by atoms with van der Waals surface area (Å²) in [5, 5.41) is 3.42. The number of benzene rings is 3. The third-order valence-electron chi connectivity index (χ3n) is 3.83. The largest absolute Gasteiger partial charge is 0.497 e. The van der Waals surface area contributed by atoms with Crippen LogP contribution in [0, 0.1) is 0 Å². The molecule has 3 nitrogen and oxygen atoms in total. The molecule has 128 valence electrons. The van der Waals surface area contributed by atoms with Crippen LogP contribution in [-0.2, 0) is 13.2 Å².